The van der Waals surface area contributed by atoms with E-state index in [1.807, 2.05) is 30.3 Å². The molecule has 0 aromatic heterocycles. The zero-order chi connectivity index (χ0) is 23.6. The van der Waals surface area contributed by atoms with Crippen molar-refractivity contribution in [2.24, 2.45) is 17.1 Å². The van der Waals surface area contributed by atoms with Crippen molar-refractivity contribution in [3.8, 4) is 18.2 Å². The highest BCUT2D eigenvalue weighted by atomic mass is 15.1. The number of rotatable bonds is 4. The standard InChI is InChI=1S/C28H27N5/c1-19(2)21-8-10-22(11-9-21)26-25-16-33(15-20-6-4-3-5-7-20)13-12-23(25)24(14-29)27(32)28(26,17-30)18-31/h3-12,19,25-26H,13,15-16,32H2,1-2H3/t25-,26-/m0/s1. The molecule has 5 nitrogen and oxygen atoms in total. The first-order chi connectivity index (χ1) is 15.9. The number of nitriles is 3. The molecule has 2 N–H and O–H groups in total. The second-order valence-electron chi connectivity index (χ2n) is 9.18. The normalized spacial score (nSPS) is 22.0. The molecule has 0 saturated carbocycles. The topological polar surface area (TPSA) is 101 Å². The van der Waals surface area contributed by atoms with Gasteiger partial charge in [0.2, 0.25) is 0 Å². The molecule has 2 atom stereocenters. The zero-order valence-corrected chi connectivity index (χ0v) is 19.0. The van der Waals surface area contributed by atoms with Gasteiger partial charge >= 0.3 is 0 Å². The maximum atomic E-state index is 10.3. The molecular weight excluding hydrogens is 406 g/mol. The summed E-state index contributed by atoms with van der Waals surface area (Å²) in [5, 5.41) is 30.4. The van der Waals surface area contributed by atoms with Gasteiger partial charge in [-0.1, -0.05) is 74.5 Å². The van der Waals surface area contributed by atoms with Gasteiger partial charge in [-0.25, -0.2) is 0 Å². The van der Waals surface area contributed by atoms with Crippen LogP contribution in [0.4, 0.5) is 0 Å². The van der Waals surface area contributed by atoms with Crippen LogP contribution in [0.15, 0.2) is 77.5 Å². The lowest BCUT2D eigenvalue weighted by Gasteiger charge is -2.45. The number of nitrogens with two attached hydrogens (primary N) is 1. The fraction of sp³-hybridized carbons (Fsp3) is 0.321. The summed E-state index contributed by atoms with van der Waals surface area (Å²) in [4.78, 5) is 2.30. The highest BCUT2D eigenvalue weighted by Gasteiger charge is 2.54. The monoisotopic (exact) mass is 433 g/mol. The first-order valence-electron chi connectivity index (χ1n) is 11.2. The number of nitrogens with zero attached hydrogens (tertiary/aromatic N) is 4. The van der Waals surface area contributed by atoms with E-state index >= 15 is 0 Å². The minimum atomic E-state index is -1.60. The molecule has 33 heavy (non-hydrogen) atoms. The lowest BCUT2D eigenvalue weighted by atomic mass is 9.58. The Kier molecular flexibility index (Phi) is 6.06. The van der Waals surface area contributed by atoms with E-state index in [-0.39, 0.29) is 17.2 Å². The fourth-order valence-corrected chi connectivity index (χ4v) is 5.17. The van der Waals surface area contributed by atoms with Crippen LogP contribution in [0, 0.1) is 45.3 Å². The summed E-state index contributed by atoms with van der Waals surface area (Å²) in [5.74, 6) is -0.270. The summed E-state index contributed by atoms with van der Waals surface area (Å²) in [7, 11) is 0. The Morgan fingerprint density at radius 1 is 1.03 bits per heavy atom. The largest absolute Gasteiger partial charge is 0.399 e. The highest BCUT2D eigenvalue weighted by molar-refractivity contribution is 5.59. The van der Waals surface area contributed by atoms with Gasteiger partial charge in [0.15, 0.2) is 5.41 Å². The van der Waals surface area contributed by atoms with Crippen LogP contribution in [0.1, 0.15) is 42.4 Å². The maximum absolute atomic E-state index is 10.3. The summed E-state index contributed by atoms with van der Waals surface area (Å²) in [6.07, 6.45) is 2.05. The van der Waals surface area contributed by atoms with Crippen LogP contribution in [0.3, 0.4) is 0 Å². The predicted octanol–water partition coefficient (Wildman–Crippen LogP) is 4.74. The molecule has 164 valence electrons. The van der Waals surface area contributed by atoms with Gasteiger partial charge < -0.3 is 5.73 Å². The van der Waals surface area contributed by atoms with Crippen LogP contribution in [0.25, 0.3) is 0 Å². The Hall–Kier alpha value is -3.85. The van der Waals surface area contributed by atoms with Crippen LogP contribution in [0.5, 0.6) is 0 Å². The SMILES string of the molecule is CC(C)c1ccc([C@H]2[C@H]3CN(Cc4ccccc4)CC=C3C(C#N)=C(N)C2(C#N)C#N)cc1. The van der Waals surface area contributed by atoms with Gasteiger partial charge in [0.25, 0.3) is 0 Å². The van der Waals surface area contributed by atoms with E-state index in [1.54, 1.807) is 0 Å². The van der Waals surface area contributed by atoms with Crippen LogP contribution < -0.4 is 5.73 Å². The Morgan fingerprint density at radius 3 is 2.27 bits per heavy atom. The van der Waals surface area contributed by atoms with Gasteiger partial charge in [-0.05, 0) is 28.2 Å². The number of hydrogen-bond donors (Lipinski definition) is 1. The first kappa shape index (κ1) is 22.3. The Labute approximate surface area is 195 Å². The smallest absolute Gasteiger partial charge is 0.191 e. The van der Waals surface area contributed by atoms with Crippen LogP contribution in [-0.4, -0.2) is 18.0 Å². The third-order valence-corrected chi connectivity index (χ3v) is 6.95. The molecule has 0 bridgehead atoms. The summed E-state index contributed by atoms with van der Waals surface area (Å²) in [6, 6.07) is 25.0. The van der Waals surface area contributed by atoms with Gasteiger partial charge in [-0.3, -0.25) is 4.90 Å². The summed E-state index contributed by atoms with van der Waals surface area (Å²) in [5.41, 5.74) is 9.35. The van der Waals surface area contributed by atoms with Crippen molar-refractivity contribution in [3.63, 3.8) is 0 Å². The molecule has 2 aromatic rings. The Balaban J connectivity index is 1.83. The average Bonchev–Trinajstić information content (AvgIpc) is 2.84. The van der Waals surface area contributed by atoms with Crippen molar-refractivity contribution in [2.75, 3.05) is 13.1 Å². The zero-order valence-electron chi connectivity index (χ0n) is 19.0. The lowest BCUT2D eigenvalue weighted by Crippen LogP contribution is -2.47. The Bertz CT molecular complexity index is 1200. The van der Waals surface area contributed by atoms with Gasteiger partial charge in [-0.15, -0.1) is 0 Å². The van der Waals surface area contributed by atoms with Crippen LogP contribution in [0.2, 0.25) is 0 Å². The van der Waals surface area contributed by atoms with Gasteiger partial charge in [-0.2, -0.15) is 15.8 Å². The van der Waals surface area contributed by atoms with E-state index in [0.29, 0.717) is 19.0 Å². The van der Waals surface area contributed by atoms with Crippen molar-refractivity contribution in [3.05, 3.63) is 94.2 Å². The Morgan fingerprint density at radius 2 is 1.70 bits per heavy atom. The third-order valence-electron chi connectivity index (χ3n) is 6.95. The summed E-state index contributed by atoms with van der Waals surface area (Å²) < 4.78 is 0. The van der Waals surface area contributed by atoms with E-state index in [1.165, 1.54) is 11.1 Å². The van der Waals surface area contributed by atoms with Gasteiger partial charge in [0.05, 0.1) is 23.4 Å². The molecule has 0 unspecified atom stereocenters. The third kappa shape index (κ3) is 3.80. The van der Waals surface area contributed by atoms with Crippen molar-refractivity contribution in [1.29, 1.82) is 15.8 Å². The minimum Gasteiger partial charge on any atom is -0.399 e. The van der Waals surface area contributed by atoms with Gasteiger partial charge in [0.1, 0.15) is 6.07 Å². The highest BCUT2D eigenvalue weighted by Crippen LogP contribution is 2.54. The van der Waals surface area contributed by atoms with Gasteiger partial charge in [0, 0.05) is 31.5 Å². The molecule has 0 saturated heterocycles. The molecule has 1 heterocycles. The molecule has 0 fully saturated rings. The maximum Gasteiger partial charge on any atom is 0.191 e. The molecule has 1 aliphatic heterocycles. The van der Waals surface area contributed by atoms with Crippen LogP contribution in [-0.2, 0) is 6.54 Å². The van der Waals surface area contributed by atoms with E-state index in [4.69, 9.17) is 5.73 Å². The van der Waals surface area contributed by atoms with Crippen molar-refractivity contribution >= 4 is 0 Å². The lowest BCUT2D eigenvalue weighted by molar-refractivity contribution is 0.201. The van der Waals surface area contributed by atoms with Crippen molar-refractivity contribution in [1.82, 2.24) is 4.90 Å². The molecule has 5 heteroatoms. The molecule has 0 spiro atoms. The fourth-order valence-electron chi connectivity index (χ4n) is 5.17. The second-order valence-corrected chi connectivity index (χ2v) is 9.18. The number of allylic oxidation sites excluding steroid dienone is 2. The molecule has 0 amide bonds. The number of fused-ring (bicyclic) bond motifs is 1. The minimum absolute atomic E-state index is 0.0759. The number of benzene rings is 2. The van der Waals surface area contributed by atoms with E-state index in [2.05, 4.69) is 67.3 Å². The van der Waals surface area contributed by atoms with Crippen molar-refractivity contribution in [2.45, 2.75) is 32.2 Å². The first-order valence-corrected chi connectivity index (χ1v) is 11.2. The molecule has 2 aromatic carbocycles. The molecule has 4 rings (SSSR count). The average molecular weight is 434 g/mol. The molecule has 1 aliphatic carbocycles. The molecule has 2 aliphatic rings. The quantitative estimate of drug-likeness (QED) is 0.751. The second kappa shape index (κ2) is 8.95. The predicted molar refractivity (Wildman–Crippen MR) is 127 cm³/mol. The van der Waals surface area contributed by atoms with E-state index in [0.717, 1.165) is 17.7 Å². The summed E-state index contributed by atoms with van der Waals surface area (Å²) >= 11 is 0. The number of hydrogen-bond acceptors (Lipinski definition) is 5. The van der Waals surface area contributed by atoms with E-state index < -0.39 is 11.3 Å². The molecular formula is C28H27N5. The summed E-state index contributed by atoms with van der Waals surface area (Å²) in [6.45, 7) is 6.35. The molecule has 0 radical (unpaired) electrons. The van der Waals surface area contributed by atoms with E-state index in [9.17, 15) is 15.8 Å². The van der Waals surface area contributed by atoms with Crippen LogP contribution >= 0.6 is 0 Å². The van der Waals surface area contributed by atoms with Crippen molar-refractivity contribution < 1.29 is 0 Å².